The van der Waals surface area contributed by atoms with Gasteiger partial charge in [-0.1, -0.05) is 20.8 Å². The number of imidazole rings is 1. The maximum atomic E-state index is 5.95. The van der Waals surface area contributed by atoms with Gasteiger partial charge in [0.2, 0.25) is 0 Å². The molecule has 0 radical (unpaired) electrons. The Kier molecular flexibility index (Phi) is 3.00. The van der Waals surface area contributed by atoms with Gasteiger partial charge in [0.25, 0.3) is 0 Å². The summed E-state index contributed by atoms with van der Waals surface area (Å²) in [5, 5.41) is 0. The standard InChI is InChI=1S/C15H21N5/c1-15(2,3)14-18-12(16)8-13(19-14)20-9-17-10-6-4-5-7-11(10)20/h8-9H,4-7H2,1-3H3,(H2,16,18,19). The molecule has 0 amide bonds. The second-order valence-electron chi connectivity index (χ2n) is 6.44. The Hall–Kier alpha value is -1.91. The smallest absolute Gasteiger partial charge is 0.143 e. The zero-order valence-electron chi connectivity index (χ0n) is 12.3. The molecule has 2 heterocycles. The van der Waals surface area contributed by atoms with Crippen molar-refractivity contribution in [2.75, 3.05) is 5.73 Å². The number of nitrogen functional groups attached to an aromatic ring is 1. The Balaban J connectivity index is 2.11. The summed E-state index contributed by atoms with van der Waals surface area (Å²) in [7, 11) is 0. The molecule has 106 valence electrons. The summed E-state index contributed by atoms with van der Waals surface area (Å²) in [5.41, 5.74) is 8.31. The number of rotatable bonds is 1. The van der Waals surface area contributed by atoms with Crippen molar-refractivity contribution in [2.24, 2.45) is 0 Å². The van der Waals surface area contributed by atoms with Gasteiger partial charge in [0.1, 0.15) is 23.8 Å². The van der Waals surface area contributed by atoms with Crippen molar-refractivity contribution >= 4 is 5.82 Å². The maximum Gasteiger partial charge on any atom is 0.143 e. The van der Waals surface area contributed by atoms with E-state index in [2.05, 4.69) is 40.3 Å². The molecule has 2 aromatic rings. The van der Waals surface area contributed by atoms with E-state index in [1.807, 2.05) is 12.4 Å². The van der Waals surface area contributed by atoms with Crippen LogP contribution in [0, 0.1) is 0 Å². The zero-order valence-corrected chi connectivity index (χ0v) is 12.3. The average Bonchev–Trinajstić information content (AvgIpc) is 2.80. The molecule has 0 fully saturated rings. The van der Waals surface area contributed by atoms with Crippen LogP contribution < -0.4 is 5.73 Å². The number of nitrogens with two attached hydrogens (primary N) is 1. The van der Waals surface area contributed by atoms with Crippen LogP contribution in [0.15, 0.2) is 12.4 Å². The van der Waals surface area contributed by atoms with Crippen LogP contribution in [-0.4, -0.2) is 19.5 Å². The SMILES string of the molecule is CC(C)(C)c1nc(N)cc(-n2cnc3c2CCCC3)n1. The molecule has 3 rings (SSSR count). The molecule has 2 N–H and O–H groups in total. The molecule has 0 saturated carbocycles. The minimum absolute atomic E-state index is 0.120. The Labute approximate surface area is 119 Å². The molecule has 0 unspecified atom stereocenters. The second kappa shape index (κ2) is 4.58. The van der Waals surface area contributed by atoms with E-state index in [9.17, 15) is 0 Å². The van der Waals surface area contributed by atoms with Gasteiger partial charge in [-0.3, -0.25) is 4.57 Å². The van der Waals surface area contributed by atoms with E-state index < -0.39 is 0 Å². The summed E-state index contributed by atoms with van der Waals surface area (Å²) in [4.78, 5) is 13.6. The van der Waals surface area contributed by atoms with Crippen molar-refractivity contribution in [1.29, 1.82) is 0 Å². The summed E-state index contributed by atoms with van der Waals surface area (Å²) >= 11 is 0. The van der Waals surface area contributed by atoms with E-state index in [0.717, 1.165) is 24.5 Å². The molecule has 20 heavy (non-hydrogen) atoms. The third-order valence-electron chi connectivity index (χ3n) is 3.68. The molecule has 0 aliphatic heterocycles. The van der Waals surface area contributed by atoms with Gasteiger partial charge < -0.3 is 5.73 Å². The molecular weight excluding hydrogens is 250 g/mol. The quantitative estimate of drug-likeness (QED) is 0.864. The summed E-state index contributed by atoms with van der Waals surface area (Å²) < 4.78 is 2.07. The fraction of sp³-hybridized carbons (Fsp3) is 0.533. The molecule has 0 spiro atoms. The molecule has 5 heteroatoms. The Morgan fingerprint density at radius 3 is 2.65 bits per heavy atom. The Morgan fingerprint density at radius 1 is 1.15 bits per heavy atom. The molecule has 0 atom stereocenters. The highest BCUT2D eigenvalue weighted by atomic mass is 15.1. The predicted molar refractivity (Wildman–Crippen MR) is 78.9 cm³/mol. The van der Waals surface area contributed by atoms with Gasteiger partial charge in [0.15, 0.2) is 0 Å². The lowest BCUT2D eigenvalue weighted by atomic mass is 9.96. The fourth-order valence-electron chi connectivity index (χ4n) is 2.58. The number of anilines is 1. The summed E-state index contributed by atoms with van der Waals surface area (Å²) in [5.74, 6) is 2.11. The van der Waals surface area contributed by atoms with E-state index in [1.54, 1.807) is 0 Å². The summed E-state index contributed by atoms with van der Waals surface area (Å²) in [6, 6.07) is 1.83. The van der Waals surface area contributed by atoms with Crippen molar-refractivity contribution in [3.63, 3.8) is 0 Å². The number of hydrogen-bond donors (Lipinski definition) is 1. The van der Waals surface area contributed by atoms with Crippen molar-refractivity contribution in [3.8, 4) is 5.82 Å². The first-order valence-corrected chi connectivity index (χ1v) is 7.15. The van der Waals surface area contributed by atoms with Gasteiger partial charge in [0.05, 0.1) is 5.69 Å². The summed E-state index contributed by atoms with van der Waals surface area (Å²) in [6.45, 7) is 6.28. The highest BCUT2D eigenvalue weighted by Crippen LogP contribution is 2.25. The van der Waals surface area contributed by atoms with Gasteiger partial charge >= 0.3 is 0 Å². The molecule has 5 nitrogen and oxygen atoms in total. The van der Waals surface area contributed by atoms with Crippen molar-refractivity contribution in [3.05, 3.63) is 29.6 Å². The van der Waals surface area contributed by atoms with E-state index >= 15 is 0 Å². The Bertz CT molecular complexity index is 636. The van der Waals surface area contributed by atoms with Gasteiger partial charge in [0, 0.05) is 17.2 Å². The molecule has 0 bridgehead atoms. The molecule has 0 saturated heterocycles. The van der Waals surface area contributed by atoms with Crippen LogP contribution in [0.1, 0.15) is 50.8 Å². The topological polar surface area (TPSA) is 69.6 Å². The second-order valence-corrected chi connectivity index (χ2v) is 6.44. The first kappa shape index (κ1) is 13.1. The number of hydrogen-bond acceptors (Lipinski definition) is 4. The van der Waals surface area contributed by atoms with Crippen molar-refractivity contribution in [2.45, 2.75) is 51.9 Å². The van der Waals surface area contributed by atoms with Crippen LogP contribution in [0.4, 0.5) is 5.82 Å². The van der Waals surface area contributed by atoms with Gasteiger partial charge in [-0.05, 0) is 25.7 Å². The highest BCUT2D eigenvalue weighted by molar-refractivity contribution is 5.40. The van der Waals surface area contributed by atoms with Crippen molar-refractivity contribution < 1.29 is 0 Å². The molecule has 2 aromatic heterocycles. The lowest BCUT2D eigenvalue weighted by molar-refractivity contribution is 0.543. The van der Waals surface area contributed by atoms with E-state index in [4.69, 9.17) is 5.73 Å². The van der Waals surface area contributed by atoms with Crippen molar-refractivity contribution in [1.82, 2.24) is 19.5 Å². The minimum atomic E-state index is -0.120. The molecule has 1 aliphatic carbocycles. The lowest BCUT2D eigenvalue weighted by Crippen LogP contribution is -2.19. The van der Waals surface area contributed by atoms with E-state index in [1.165, 1.54) is 24.2 Å². The summed E-state index contributed by atoms with van der Waals surface area (Å²) in [6.07, 6.45) is 6.43. The zero-order chi connectivity index (χ0) is 14.3. The first-order valence-electron chi connectivity index (χ1n) is 7.15. The average molecular weight is 271 g/mol. The minimum Gasteiger partial charge on any atom is -0.384 e. The number of aryl methyl sites for hydroxylation is 1. The van der Waals surface area contributed by atoms with Crippen LogP contribution in [-0.2, 0) is 18.3 Å². The predicted octanol–water partition coefficient (Wildman–Crippen LogP) is 2.42. The van der Waals surface area contributed by atoms with Crippen LogP contribution in [0.5, 0.6) is 0 Å². The first-order chi connectivity index (χ1) is 9.45. The van der Waals surface area contributed by atoms with Gasteiger partial charge in [-0.15, -0.1) is 0 Å². The van der Waals surface area contributed by atoms with Crippen LogP contribution >= 0.6 is 0 Å². The highest BCUT2D eigenvalue weighted by Gasteiger charge is 2.21. The molecular formula is C15H21N5. The van der Waals surface area contributed by atoms with Crippen LogP contribution in [0.2, 0.25) is 0 Å². The number of fused-ring (bicyclic) bond motifs is 1. The Morgan fingerprint density at radius 2 is 1.90 bits per heavy atom. The van der Waals surface area contributed by atoms with E-state index in [-0.39, 0.29) is 5.41 Å². The number of aromatic nitrogens is 4. The van der Waals surface area contributed by atoms with Crippen LogP contribution in [0.3, 0.4) is 0 Å². The molecule has 1 aliphatic rings. The largest absolute Gasteiger partial charge is 0.384 e. The van der Waals surface area contributed by atoms with Crippen LogP contribution in [0.25, 0.3) is 5.82 Å². The third-order valence-corrected chi connectivity index (χ3v) is 3.68. The maximum absolute atomic E-state index is 5.95. The lowest BCUT2D eigenvalue weighted by Gasteiger charge is -2.19. The number of nitrogens with zero attached hydrogens (tertiary/aromatic N) is 4. The third kappa shape index (κ3) is 2.28. The molecule has 0 aromatic carbocycles. The van der Waals surface area contributed by atoms with Gasteiger partial charge in [-0.25, -0.2) is 15.0 Å². The fourth-order valence-corrected chi connectivity index (χ4v) is 2.58. The monoisotopic (exact) mass is 271 g/mol. The van der Waals surface area contributed by atoms with E-state index in [0.29, 0.717) is 5.82 Å². The van der Waals surface area contributed by atoms with Gasteiger partial charge in [-0.2, -0.15) is 0 Å². The normalized spacial score (nSPS) is 15.2.